The molecule has 0 amide bonds. The average Bonchev–Trinajstić information content (AvgIpc) is 2.40. The molecule has 1 fully saturated rings. The molecule has 2 rings (SSSR count). The minimum atomic E-state index is -0.183. The van der Waals surface area contributed by atoms with E-state index in [0.717, 1.165) is 32.6 Å². The van der Waals surface area contributed by atoms with E-state index >= 15 is 0 Å². The predicted molar refractivity (Wildman–Crippen MR) is 71.4 cm³/mol. The second kappa shape index (κ2) is 6.50. The van der Waals surface area contributed by atoms with E-state index in [1.807, 2.05) is 6.92 Å². The maximum atomic E-state index is 14.0. The second-order valence-corrected chi connectivity index (χ2v) is 5.09. The molecule has 1 aromatic rings. The number of halogens is 2. The molecule has 0 spiro atoms. The zero-order valence-electron chi connectivity index (χ0n) is 10.6. The van der Waals surface area contributed by atoms with Gasteiger partial charge in [0.25, 0.3) is 0 Å². The zero-order chi connectivity index (χ0) is 13.0. The van der Waals surface area contributed by atoms with Gasteiger partial charge in [-0.15, -0.1) is 0 Å². The highest BCUT2D eigenvalue weighted by atomic mass is 35.5. The summed E-state index contributed by atoms with van der Waals surface area (Å²) in [5, 5.41) is 3.97. The highest BCUT2D eigenvalue weighted by Crippen LogP contribution is 2.32. The van der Waals surface area contributed by atoms with Gasteiger partial charge in [-0.1, -0.05) is 18.5 Å². The molecule has 4 heteroatoms. The molecule has 0 aliphatic carbocycles. The summed E-state index contributed by atoms with van der Waals surface area (Å²) >= 11 is 5.98. The minimum absolute atomic E-state index is 0.0256. The van der Waals surface area contributed by atoms with Crippen LogP contribution >= 0.6 is 11.6 Å². The SMILES string of the molecule is CCNC(c1cc(Cl)ccc1F)C1CCOCC1. The van der Waals surface area contributed by atoms with Crippen molar-refractivity contribution in [2.75, 3.05) is 19.8 Å². The summed E-state index contributed by atoms with van der Waals surface area (Å²) in [7, 11) is 0. The van der Waals surface area contributed by atoms with E-state index in [4.69, 9.17) is 16.3 Å². The van der Waals surface area contributed by atoms with E-state index in [-0.39, 0.29) is 11.9 Å². The average molecular weight is 272 g/mol. The molecule has 1 aliphatic heterocycles. The van der Waals surface area contributed by atoms with E-state index < -0.39 is 0 Å². The summed E-state index contributed by atoms with van der Waals surface area (Å²) in [6, 6.07) is 4.80. The van der Waals surface area contributed by atoms with Gasteiger partial charge in [0.1, 0.15) is 5.82 Å². The molecule has 0 radical (unpaired) electrons. The number of benzene rings is 1. The molecule has 1 heterocycles. The monoisotopic (exact) mass is 271 g/mol. The fourth-order valence-corrected chi connectivity index (χ4v) is 2.73. The summed E-state index contributed by atoms with van der Waals surface area (Å²) < 4.78 is 19.3. The Kier molecular flexibility index (Phi) is 4.98. The molecule has 100 valence electrons. The van der Waals surface area contributed by atoms with Crippen LogP contribution in [-0.4, -0.2) is 19.8 Å². The van der Waals surface area contributed by atoms with Crippen molar-refractivity contribution in [2.45, 2.75) is 25.8 Å². The van der Waals surface area contributed by atoms with E-state index in [2.05, 4.69) is 5.32 Å². The van der Waals surface area contributed by atoms with E-state index in [1.54, 1.807) is 12.1 Å². The van der Waals surface area contributed by atoms with Gasteiger partial charge in [0.2, 0.25) is 0 Å². The lowest BCUT2D eigenvalue weighted by molar-refractivity contribution is 0.0533. The van der Waals surface area contributed by atoms with Crippen LogP contribution in [-0.2, 0) is 4.74 Å². The first-order valence-corrected chi connectivity index (χ1v) is 6.86. The van der Waals surface area contributed by atoms with Gasteiger partial charge in [0.15, 0.2) is 0 Å². The lowest BCUT2D eigenvalue weighted by Gasteiger charge is -2.31. The van der Waals surface area contributed by atoms with Crippen LogP contribution in [0.2, 0.25) is 5.02 Å². The molecule has 1 atom stereocenters. The van der Waals surface area contributed by atoms with Crippen LogP contribution in [0.5, 0.6) is 0 Å². The van der Waals surface area contributed by atoms with Crippen LogP contribution in [0.1, 0.15) is 31.4 Å². The Morgan fingerprint density at radius 3 is 2.83 bits per heavy atom. The molecule has 0 aromatic heterocycles. The molecular formula is C14H19ClFNO. The summed E-state index contributed by atoms with van der Waals surface area (Å²) in [6.45, 7) is 4.37. The summed E-state index contributed by atoms with van der Waals surface area (Å²) in [4.78, 5) is 0. The quantitative estimate of drug-likeness (QED) is 0.904. The largest absolute Gasteiger partial charge is 0.381 e. The third-order valence-electron chi connectivity index (χ3n) is 3.45. The Morgan fingerprint density at radius 2 is 2.17 bits per heavy atom. The van der Waals surface area contributed by atoms with Crippen LogP contribution in [0.25, 0.3) is 0 Å². The Balaban J connectivity index is 2.24. The van der Waals surface area contributed by atoms with Crippen LogP contribution in [0.15, 0.2) is 18.2 Å². The van der Waals surface area contributed by atoms with Crippen LogP contribution in [0, 0.1) is 11.7 Å². The van der Waals surface area contributed by atoms with Crippen molar-refractivity contribution in [3.8, 4) is 0 Å². The topological polar surface area (TPSA) is 21.3 Å². The zero-order valence-corrected chi connectivity index (χ0v) is 11.3. The first-order valence-electron chi connectivity index (χ1n) is 6.48. The Labute approximate surface area is 112 Å². The number of ether oxygens (including phenoxy) is 1. The minimum Gasteiger partial charge on any atom is -0.381 e. The standard InChI is InChI=1S/C14H19ClFNO/c1-2-17-14(10-5-7-18-8-6-10)12-9-11(15)3-4-13(12)16/h3-4,9-10,14,17H,2,5-8H2,1H3. The van der Waals surface area contributed by atoms with Gasteiger partial charge < -0.3 is 10.1 Å². The van der Waals surface area contributed by atoms with Gasteiger partial charge in [-0.2, -0.15) is 0 Å². The molecule has 1 aromatic carbocycles. The van der Waals surface area contributed by atoms with Crippen molar-refractivity contribution < 1.29 is 9.13 Å². The Bertz CT molecular complexity index is 393. The first-order chi connectivity index (χ1) is 8.72. The highest BCUT2D eigenvalue weighted by molar-refractivity contribution is 6.30. The van der Waals surface area contributed by atoms with Gasteiger partial charge >= 0.3 is 0 Å². The van der Waals surface area contributed by atoms with Gasteiger partial charge in [-0.3, -0.25) is 0 Å². The van der Waals surface area contributed by atoms with Crippen molar-refractivity contribution in [1.29, 1.82) is 0 Å². The number of hydrogen-bond donors (Lipinski definition) is 1. The summed E-state index contributed by atoms with van der Waals surface area (Å²) in [5.41, 5.74) is 0.677. The van der Waals surface area contributed by atoms with Crippen molar-refractivity contribution in [2.24, 2.45) is 5.92 Å². The summed E-state index contributed by atoms with van der Waals surface area (Å²) in [5.74, 6) is 0.225. The Morgan fingerprint density at radius 1 is 1.44 bits per heavy atom. The van der Waals surface area contributed by atoms with Crippen LogP contribution in [0.3, 0.4) is 0 Å². The maximum Gasteiger partial charge on any atom is 0.128 e. The molecule has 18 heavy (non-hydrogen) atoms. The predicted octanol–water partition coefficient (Wildman–Crippen LogP) is 3.56. The molecule has 2 nitrogen and oxygen atoms in total. The lowest BCUT2D eigenvalue weighted by atomic mass is 9.87. The van der Waals surface area contributed by atoms with Crippen molar-refractivity contribution in [1.82, 2.24) is 5.32 Å². The van der Waals surface area contributed by atoms with Crippen LogP contribution < -0.4 is 5.32 Å². The molecule has 1 aliphatic rings. The molecule has 0 bridgehead atoms. The molecular weight excluding hydrogens is 253 g/mol. The van der Waals surface area contributed by atoms with E-state index in [9.17, 15) is 4.39 Å². The molecule has 0 saturated carbocycles. The summed E-state index contributed by atoms with van der Waals surface area (Å²) in [6.07, 6.45) is 1.92. The van der Waals surface area contributed by atoms with Crippen LogP contribution in [0.4, 0.5) is 4.39 Å². The maximum absolute atomic E-state index is 14.0. The third kappa shape index (κ3) is 3.22. The van der Waals surface area contributed by atoms with Crippen molar-refractivity contribution >= 4 is 11.6 Å². The normalized spacial score (nSPS) is 18.8. The number of rotatable bonds is 4. The number of hydrogen-bond acceptors (Lipinski definition) is 2. The smallest absolute Gasteiger partial charge is 0.128 e. The fourth-order valence-electron chi connectivity index (χ4n) is 2.55. The molecule has 1 saturated heterocycles. The van der Waals surface area contributed by atoms with Crippen molar-refractivity contribution in [3.63, 3.8) is 0 Å². The first kappa shape index (κ1) is 13.8. The fraction of sp³-hybridized carbons (Fsp3) is 0.571. The van der Waals surface area contributed by atoms with Crippen molar-refractivity contribution in [3.05, 3.63) is 34.6 Å². The van der Waals surface area contributed by atoms with E-state index in [0.29, 0.717) is 16.5 Å². The highest BCUT2D eigenvalue weighted by Gasteiger charge is 2.26. The van der Waals surface area contributed by atoms with Gasteiger partial charge in [-0.25, -0.2) is 4.39 Å². The second-order valence-electron chi connectivity index (χ2n) is 4.65. The number of nitrogens with one attached hydrogen (secondary N) is 1. The molecule has 1 N–H and O–H groups in total. The Hall–Kier alpha value is -0.640. The van der Waals surface area contributed by atoms with Gasteiger partial charge in [-0.05, 0) is 43.5 Å². The lowest BCUT2D eigenvalue weighted by Crippen LogP contribution is -2.32. The molecule has 1 unspecified atom stereocenters. The van der Waals surface area contributed by atoms with E-state index in [1.165, 1.54) is 6.07 Å². The van der Waals surface area contributed by atoms with Gasteiger partial charge in [0, 0.05) is 29.8 Å². The third-order valence-corrected chi connectivity index (χ3v) is 3.69. The van der Waals surface area contributed by atoms with Gasteiger partial charge in [0.05, 0.1) is 0 Å².